The molecule has 0 saturated heterocycles. The average Bonchev–Trinajstić information content (AvgIpc) is 3.19. The molecule has 0 saturated carbocycles. The van der Waals surface area contributed by atoms with Gasteiger partial charge in [-0.05, 0) is 23.8 Å². The molecule has 3 aromatic rings. The van der Waals surface area contributed by atoms with Crippen molar-refractivity contribution in [1.29, 1.82) is 0 Å². The highest BCUT2D eigenvalue weighted by atomic mass is 35.5. The lowest BCUT2D eigenvalue weighted by Gasteiger charge is -2.26. The fourth-order valence-electron chi connectivity index (χ4n) is 3.41. The average molecular weight is 395 g/mol. The van der Waals surface area contributed by atoms with Gasteiger partial charge < -0.3 is 4.74 Å². The van der Waals surface area contributed by atoms with Gasteiger partial charge in [0, 0.05) is 34.6 Å². The number of nitrogens with zero attached hydrogens (tertiary/aromatic N) is 2. The van der Waals surface area contributed by atoms with Crippen molar-refractivity contribution in [2.45, 2.75) is 12.5 Å². The Hall–Kier alpha value is -2.63. The number of esters is 1. The van der Waals surface area contributed by atoms with Gasteiger partial charge in [0.1, 0.15) is 6.10 Å². The van der Waals surface area contributed by atoms with Gasteiger partial charge in [0.2, 0.25) is 0 Å². The lowest BCUT2D eigenvalue weighted by molar-refractivity contribution is -0.141. The first-order valence-corrected chi connectivity index (χ1v) is 9.85. The van der Waals surface area contributed by atoms with Gasteiger partial charge in [-0.3, -0.25) is 4.40 Å². The Labute approximate surface area is 165 Å². The molecule has 2 unspecified atom stereocenters. The molecule has 5 rings (SSSR count). The summed E-state index contributed by atoms with van der Waals surface area (Å²) in [5.74, 6) is -0.248. The molecule has 3 heterocycles. The van der Waals surface area contributed by atoms with Crippen LogP contribution < -0.4 is 0 Å². The van der Waals surface area contributed by atoms with Crippen LogP contribution in [0.2, 0.25) is 5.02 Å². The number of halogens is 1. The van der Waals surface area contributed by atoms with Crippen LogP contribution in [0.25, 0.3) is 10.5 Å². The van der Waals surface area contributed by atoms with E-state index in [1.165, 1.54) is 4.88 Å². The molecule has 1 aromatic carbocycles. The van der Waals surface area contributed by atoms with E-state index in [1.54, 1.807) is 11.3 Å². The van der Waals surface area contributed by atoms with Gasteiger partial charge in [0.05, 0.1) is 11.3 Å². The SMILES string of the molecule is O=C1OC2C=CC=CC2C=C1c1cn2cc(Cc3cccc(Cl)c3)sc2n1. The normalized spacial score (nSPS) is 21.2. The number of carbonyl (C=O) groups excluding carboxylic acids is 1. The molecule has 0 amide bonds. The summed E-state index contributed by atoms with van der Waals surface area (Å²) < 4.78 is 7.51. The Bertz CT molecular complexity index is 1110. The quantitative estimate of drug-likeness (QED) is 0.605. The van der Waals surface area contributed by atoms with Gasteiger partial charge in [0.15, 0.2) is 4.96 Å². The molecule has 0 fully saturated rings. The summed E-state index contributed by atoms with van der Waals surface area (Å²) in [6, 6.07) is 7.86. The van der Waals surface area contributed by atoms with Crippen molar-refractivity contribution in [2.24, 2.45) is 5.92 Å². The number of ether oxygens (including phenoxy) is 1. The lowest BCUT2D eigenvalue weighted by Crippen LogP contribution is -2.29. The maximum Gasteiger partial charge on any atom is 0.340 e. The number of fused-ring (bicyclic) bond motifs is 2. The highest BCUT2D eigenvalue weighted by molar-refractivity contribution is 7.17. The first-order valence-electron chi connectivity index (χ1n) is 8.66. The summed E-state index contributed by atoms with van der Waals surface area (Å²) in [5, 5.41) is 0.740. The predicted molar refractivity (Wildman–Crippen MR) is 107 cm³/mol. The Balaban J connectivity index is 1.43. The minimum Gasteiger partial charge on any atom is -0.454 e. The minimum absolute atomic E-state index is 0.0702. The third-order valence-corrected chi connectivity index (χ3v) is 5.93. The van der Waals surface area contributed by atoms with Gasteiger partial charge in [-0.2, -0.15) is 0 Å². The Morgan fingerprint density at radius 3 is 2.96 bits per heavy atom. The largest absolute Gasteiger partial charge is 0.454 e. The van der Waals surface area contributed by atoms with Crippen molar-refractivity contribution in [3.8, 4) is 0 Å². The molecule has 27 heavy (non-hydrogen) atoms. The molecule has 6 heteroatoms. The van der Waals surface area contributed by atoms with Gasteiger partial charge >= 0.3 is 5.97 Å². The van der Waals surface area contributed by atoms with Crippen LogP contribution in [-0.2, 0) is 16.0 Å². The van der Waals surface area contributed by atoms with E-state index in [-0.39, 0.29) is 18.0 Å². The van der Waals surface area contributed by atoms with E-state index in [0.717, 1.165) is 22.0 Å². The summed E-state index contributed by atoms with van der Waals surface area (Å²) in [5.41, 5.74) is 2.35. The van der Waals surface area contributed by atoms with E-state index in [2.05, 4.69) is 17.2 Å². The van der Waals surface area contributed by atoms with Crippen LogP contribution in [-0.4, -0.2) is 21.5 Å². The van der Waals surface area contributed by atoms with Crippen LogP contribution in [0.1, 0.15) is 16.1 Å². The molecule has 2 atom stereocenters. The standard InChI is InChI=1S/C21H15ClN2O2S/c22-15-6-3-4-13(8-15)9-16-11-24-12-18(23-21(24)27-16)17-10-14-5-1-2-7-19(14)26-20(17)25/h1-8,10-12,14,19H,9H2. The Morgan fingerprint density at radius 1 is 1.22 bits per heavy atom. The summed E-state index contributed by atoms with van der Waals surface area (Å²) >= 11 is 7.68. The molecule has 0 radical (unpaired) electrons. The van der Waals surface area contributed by atoms with E-state index >= 15 is 0 Å². The van der Waals surface area contributed by atoms with E-state index in [4.69, 9.17) is 16.3 Å². The van der Waals surface area contributed by atoms with Crippen LogP contribution >= 0.6 is 22.9 Å². The number of allylic oxidation sites excluding steroid dienone is 2. The first kappa shape index (κ1) is 16.5. The monoisotopic (exact) mass is 394 g/mol. The minimum atomic E-state index is -0.318. The molecule has 0 spiro atoms. The summed E-state index contributed by atoms with van der Waals surface area (Å²) in [6.45, 7) is 0. The first-order chi connectivity index (χ1) is 13.2. The van der Waals surface area contributed by atoms with Gasteiger partial charge in [-0.1, -0.05) is 48.0 Å². The number of aromatic nitrogens is 2. The number of rotatable bonds is 3. The number of benzene rings is 1. The van der Waals surface area contributed by atoms with Crippen molar-refractivity contribution in [1.82, 2.24) is 9.38 Å². The number of hydrogen-bond donors (Lipinski definition) is 0. The number of hydrogen-bond acceptors (Lipinski definition) is 4. The fourth-order valence-corrected chi connectivity index (χ4v) is 4.62. The van der Waals surface area contributed by atoms with Crippen molar-refractivity contribution in [2.75, 3.05) is 0 Å². The smallest absolute Gasteiger partial charge is 0.340 e. The van der Waals surface area contributed by atoms with Crippen molar-refractivity contribution in [3.63, 3.8) is 0 Å². The number of imidazole rings is 1. The molecule has 1 aliphatic heterocycles. The summed E-state index contributed by atoms with van der Waals surface area (Å²) in [4.78, 5) is 19.1. The molecule has 1 aliphatic carbocycles. The van der Waals surface area contributed by atoms with Gasteiger partial charge in [0.25, 0.3) is 0 Å². The molecular weight excluding hydrogens is 380 g/mol. The summed E-state index contributed by atoms with van der Waals surface area (Å²) in [7, 11) is 0. The van der Waals surface area contributed by atoms with E-state index in [9.17, 15) is 4.79 Å². The van der Waals surface area contributed by atoms with Crippen molar-refractivity contribution < 1.29 is 9.53 Å². The topological polar surface area (TPSA) is 43.6 Å². The molecule has 0 bridgehead atoms. The van der Waals surface area contributed by atoms with E-state index in [0.29, 0.717) is 11.3 Å². The number of thiazole rings is 1. The third-order valence-electron chi connectivity index (χ3n) is 4.69. The zero-order chi connectivity index (χ0) is 18.4. The molecule has 2 aliphatic rings. The summed E-state index contributed by atoms with van der Waals surface area (Å²) in [6.07, 6.45) is 14.3. The maximum atomic E-state index is 12.4. The zero-order valence-electron chi connectivity index (χ0n) is 14.2. The molecular formula is C21H15ClN2O2S. The van der Waals surface area contributed by atoms with E-state index < -0.39 is 0 Å². The van der Waals surface area contributed by atoms with Gasteiger partial charge in [-0.25, -0.2) is 9.78 Å². The predicted octanol–water partition coefficient (Wildman–Crippen LogP) is 4.69. The zero-order valence-corrected chi connectivity index (χ0v) is 15.8. The van der Waals surface area contributed by atoms with Crippen LogP contribution in [0, 0.1) is 5.92 Å². The van der Waals surface area contributed by atoms with Crippen molar-refractivity contribution >= 4 is 39.4 Å². The molecule has 2 aromatic heterocycles. The lowest BCUT2D eigenvalue weighted by atomic mass is 9.92. The molecule has 0 N–H and O–H groups in total. The fraction of sp³-hybridized carbons (Fsp3) is 0.143. The second-order valence-corrected chi connectivity index (χ2v) is 8.15. The second-order valence-electron chi connectivity index (χ2n) is 6.62. The Morgan fingerprint density at radius 2 is 2.11 bits per heavy atom. The second kappa shape index (κ2) is 6.51. The highest BCUT2D eigenvalue weighted by Crippen LogP contribution is 2.31. The molecule has 134 valence electrons. The van der Waals surface area contributed by atoms with E-state index in [1.807, 2.05) is 59.2 Å². The third kappa shape index (κ3) is 3.13. The number of carbonyl (C=O) groups is 1. The van der Waals surface area contributed by atoms with Crippen LogP contribution in [0.4, 0.5) is 0 Å². The molecule has 4 nitrogen and oxygen atoms in total. The van der Waals surface area contributed by atoms with Crippen LogP contribution in [0.15, 0.2) is 67.0 Å². The van der Waals surface area contributed by atoms with Crippen molar-refractivity contribution in [3.05, 3.63) is 88.2 Å². The Kier molecular flexibility index (Phi) is 3.99. The maximum absolute atomic E-state index is 12.4. The van der Waals surface area contributed by atoms with Crippen LogP contribution in [0.3, 0.4) is 0 Å². The van der Waals surface area contributed by atoms with Crippen LogP contribution in [0.5, 0.6) is 0 Å². The van der Waals surface area contributed by atoms with Gasteiger partial charge in [-0.15, -0.1) is 11.3 Å². The highest BCUT2D eigenvalue weighted by Gasteiger charge is 2.31.